The van der Waals surface area contributed by atoms with E-state index in [1.54, 1.807) is 0 Å². The molecule has 3 heterocycles. The first-order valence-corrected chi connectivity index (χ1v) is 6.94. The minimum Gasteiger partial charge on any atom is -0.363 e. The zero-order chi connectivity index (χ0) is 11.5. The molecule has 0 bridgehead atoms. The Morgan fingerprint density at radius 1 is 1.11 bits per heavy atom. The van der Waals surface area contributed by atoms with Crippen LogP contribution in [0.4, 0.5) is 0 Å². The first-order valence-electron chi connectivity index (χ1n) is 6.06. The molecule has 1 saturated heterocycles. The van der Waals surface area contributed by atoms with E-state index in [0.717, 1.165) is 26.2 Å². The normalized spacial score (nSPS) is 17.3. The molecule has 1 aliphatic heterocycles. The number of hydrogen-bond donors (Lipinski definition) is 2. The van der Waals surface area contributed by atoms with Crippen molar-refractivity contribution < 1.29 is 0 Å². The van der Waals surface area contributed by atoms with Crippen molar-refractivity contribution in [2.75, 3.05) is 26.2 Å². The third-order valence-electron chi connectivity index (χ3n) is 3.25. The molecule has 3 nitrogen and oxygen atoms in total. The van der Waals surface area contributed by atoms with Crippen LogP contribution in [0.25, 0.3) is 0 Å². The Morgan fingerprint density at radius 3 is 2.47 bits per heavy atom. The molecule has 0 aliphatic carbocycles. The molecule has 2 aromatic rings. The molecule has 2 N–H and O–H groups in total. The van der Waals surface area contributed by atoms with E-state index in [2.05, 4.69) is 44.8 Å². The molecule has 1 atom stereocenters. The second kappa shape index (κ2) is 7.92. The molecule has 6 heteroatoms. The number of nitrogens with zero attached hydrogens (tertiary/aromatic N) is 1. The lowest BCUT2D eigenvalue weighted by molar-refractivity contribution is 0.198. The lowest BCUT2D eigenvalue weighted by Gasteiger charge is -2.34. The van der Waals surface area contributed by atoms with E-state index in [1.165, 1.54) is 10.6 Å². The molecular weight excluding hydrogens is 301 g/mol. The van der Waals surface area contributed by atoms with Gasteiger partial charge in [0, 0.05) is 42.9 Å². The Morgan fingerprint density at radius 2 is 1.89 bits per heavy atom. The highest BCUT2D eigenvalue weighted by molar-refractivity contribution is 7.10. The number of nitrogens with one attached hydrogen (secondary N) is 2. The maximum Gasteiger partial charge on any atom is 0.0848 e. The van der Waals surface area contributed by atoms with Crippen LogP contribution in [0.3, 0.4) is 0 Å². The van der Waals surface area contributed by atoms with Crippen molar-refractivity contribution >= 4 is 36.2 Å². The summed E-state index contributed by atoms with van der Waals surface area (Å²) in [6.07, 6.45) is 2.01. The zero-order valence-electron chi connectivity index (χ0n) is 10.5. The third kappa shape index (κ3) is 3.74. The van der Waals surface area contributed by atoms with E-state index in [1.807, 2.05) is 17.5 Å². The summed E-state index contributed by atoms with van der Waals surface area (Å²) in [7, 11) is 0. The number of H-pyrrole nitrogens is 1. The monoisotopic (exact) mass is 319 g/mol. The van der Waals surface area contributed by atoms with Crippen LogP contribution in [0.5, 0.6) is 0 Å². The quantitative estimate of drug-likeness (QED) is 0.911. The summed E-state index contributed by atoms with van der Waals surface area (Å²) in [4.78, 5) is 7.34. The summed E-state index contributed by atoms with van der Waals surface area (Å²) in [6, 6.07) is 9.04. The maximum atomic E-state index is 3.41. The molecule has 0 radical (unpaired) electrons. The van der Waals surface area contributed by atoms with Crippen LogP contribution in [-0.2, 0) is 0 Å². The molecule has 19 heavy (non-hydrogen) atoms. The van der Waals surface area contributed by atoms with Crippen molar-refractivity contribution in [1.29, 1.82) is 0 Å². The molecule has 0 spiro atoms. The minimum atomic E-state index is 0. The van der Waals surface area contributed by atoms with Crippen LogP contribution in [0, 0.1) is 0 Å². The lowest BCUT2D eigenvalue weighted by Crippen LogP contribution is -2.45. The highest BCUT2D eigenvalue weighted by Crippen LogP contribution is 2.30. The fraction of sp³-hybridized carbons (Fsp3) is 0.385. The van der Waals surface area contributed by atoms with Gasteiger partial charge in [-0.05, 0) is 23.6 Å². The summed E-state index contributed by atoms with van der Waals surface area (Å²) in [6.45, 7) is 4.40. The van der Waals surface area contributed by atoms with Gasteiger partial charge in [0.05, 0.1) is 6.04 Å². The second-order valence-electron chi connectivity index (χ2n) is 4.33. The Kier molecular flexibility index (Phi) is 6.89. The van der Waals surface area contributed by atoms with E-state index < -0.39 is 0 Å². The van der Waals surface area contributed by atoms with Crippen molar-refractivity contribution in [3.8, 4) is 0 Å². The van der Waals surface area contributed by atoms with Gasteiger partial charge >= 0.3 is 0 Å². The van der Waals surface area contributed by atoms with Crippen LogP contribution in [-0.4, -0.2) is 36.1 Å². The molecular formula is C13H19Cl2N3S. The highest BCUT2D eigenvalue weighted by atomic mass is 35.5. The lowest BCUT2D eigenvalue weighted by atomic mass is 10.1. The van der Waals surface area contributed by atoms with Gasteiger partial charge in [0.1, 0.15) is 0 Å². The summed E-state index contributed by atoms with van der Waals surface area (Å²) >= 11 is 1.84. The standard InChI is InChI=1S/C13H17N3S.2ClH/c1-3-11(15-5-1)13(12-4-2-10-17-12)16-8-6-14-7-9-16;;/h1-5,10,13-15H,6-9H2;2*1H/t13-;;/m0../s1. The highest BCUT2D eigenvalue weighted by Gasteiger charge is 2.24. The summed E-state index contributed by atoms with van der Waals surface area (Å²) in [5.74, 6) is 0. The molecule has 106 valence electrons. The van der Waals surface area contributed by atoms with Gasteiger partial charge in [-0.1, -0.05) is 6.07 Å². The number of hydrogen-bond acceptors (Lipinski definition) is 3. The Bertz CT molecular complexity index is 404. The SMILES string of the molecule is Cl.Cl.c1c[nH]c([C@@H](c2cccs2)N2CCNCC2)c1. The number of piperazine rings is 1. The Balaban J connectivity index is 0.000000902. The largest absolute Gasteiger partial charge is 0.363 e. The third-order valence-corrected chi connectivity index (χ3v) is 4.17. The number of aromatic nitrogens is 1. The molecule has 3 rings (SSSR count). The van der Waals surface area contributed by atoms with Gasteiger partial charge in [0.15, 0.2) is 0 Å². The molecule has 0 unspecified atom stereocenters. The maximum absolute atomic E-state index is 3.41. The fourth-order valence-corrected chi connectivity index (χ4v) is 3.31. The van der Waals surface area contributed by atoms with Crippen molar-refractivity contribution in [2.45, 2.75) is 6.04 Å². The van der Waals surface area contributed by atoms with E-state index in [-0.39, 0.29) is 24.8 Å². The Hall–Kier alpha value is -0.520. The van der Waals surface area contributed by atoms with Gasteiger partial charge in [-0.25, -0.2) is 0 Å². The van der Waals surface area contributed by atoms with Crippen LogP contribution in [0.1, 0.15) is 16.6 Å². The number of aromatic amines is 1. The molecule has 2 aromatic heterocycles. The van der Waals surface area contributed by atoms with E-state index in [4.69, 9.17) is 0 Å². The van der Waals surface area contributed by atoms with Crippen molar-refractivity contribution in [2.24, 2.45) is 0 Å². The molecule has 1 aliphatic rings. The molecule has 0 saturated carbocycles. The molecule has 0 aromatic carbocycles. The van der Waals surface area contributed by atoms with Crippen LogP contribution in [0.2, 0.25) is 0 Å². The number of thiophene rings is 1. The topological polar surface area (TPSA) is 31.1 Å². The predicted octanol–water partition coefficient (Wildman–Crippen LogP) is 2.91. The van der Waals surface area contributed by atoms with Gasteiger partial charge in [0.2, 0.25) is 0 Å². The zero-order valence-corrected chi connectivity index (χ0v) is 13.0. The number of halogens is 2. The van der Waals surface area contributed by atoms with E-state index >= 15 is 0 Å². The smallest absolute Gasteiger partial charge is 0.0848 e. The van der Waals surface area contributed by atoms with Crippen molar-refractivity contribution in [3.63, 3.8) is 0 Å². The molecule has 1 fully saturated rings. The van der Waals surface area contributed by atoms with E-state index in [0.29, 0.717) is 6.04 Å². The summed E-state index contributed by atoms with van der Waals surface area (Å²) < 4.78 is 0. The predicted molar refractivity (Wildman–Crippen MR) is 85.9 cm³/mol. The molecule has 0 amide bonds. The average Bonchev–Trinajstić information content (AvgIpc) is 3.04. The Labute approximate surface area is 130 Å². The minimum absolute atomic E-state index is 0. The number of rotatable bonds is 3. The van der Waals surface area contributed by atoms with Gasteiger partial charge in [-0.15, -0.1) is 36.2 Å². The van der Waals surface area contributed by atoms with Gasteiger partial charge < -0.3 is 10.3 Å². The van der Waals surface area contributed by atoms with Gasteiger partial charge in [-0.3, -0.25) is 4.90 Å². The van der Waals surface area contributed by atoms with Gasteiger partial charge in [0.25, 0.3) is 0 Å². The van der Waals surface area contributed by atoms with Crippen LogP contribution < -0.4 is 5.32 Å². The second-order valence-corrected chi connectivity index (χ2v) is 5.31. The fourth-order valence-electron chi connectivity index (χ4n) is 2.43. The van der Waals surface area contributed by atoms with Gasteiger partial charge in [-0.2, -0.15) is 0 Å². The summed E-state index contributed by atoms with van der Waals surface area (Å²) in [5, 5.41) is 5.57. The first-order chi connectivity index (χ1) is 8.45. The van der Waals surface area contributed by atoms with E-state index in [9.17, 15) is 0 Å². The van der Waals surface area contributed by atoms with Crippen molar-refractivity contribution in [1.82, 2.24) is 15.2 Å². The van der Waals surface area contributed by atoms with Crippen molar-refractivity contribution in [3.05, 3.63) is 46.4 Å². The van der Waals surface area contributed by atoms with Crippen LogP contribution >= 0.6 is 36.2 Å². The van der Waals surface area contributed by atoms with Crippen LogP contribution in [0.15, 0.2) is 35.8 Å². The first kappa shape index (κ1) is 16.5. The average molecular weight is 320 g/mol. The summed E-state index contributed by atoms with van der Waals surface area (Å²) in [5.41, 5.74) is 1.30.